The largest absolute Gasteiger partial charge is 0.295 e. The molecule has 11 heavy (non-hydrogen) atoms. The summed E-state index contributed by atoms with van der Waals surface area (Å²) in [5.74, 6) is -0.0679. The number of halogens is 1. The molecule has 0 fully saturated rings. The van der Waals surface area contributed by atoms with Crippen molar-refractivity contribution in [2.24, 2.45) is 0 Å². The number of carbonyl (C=O) groups is 1. The van der Waals surface area contributed by atoms with Gasteiger partial charge < -0.3 is 0 Å². The van der Waals surface area contributed by atoms with Crippen molar-refractivity contribution >= 4 is 25.2 Å². The highest BCUT2D eigenvalue weighted by Crippen LogP contribution is 2.10. The monoisotopic (exact) mass is 164 g/mol. The molecule has 0 amide bonds. The predicted molar refractivity (Wildman–Crippen MR) is 46.3 cm³/mol. The summed E-state index contributed by atoms with van der Waals surface area (Å²) in [5.41, 5.74) is 0.608. The van der Waals surface area contributed by atoms with Crippen LogP contribution in [0.5, 0.6) is 0 Å². The second kappa shape index (κ2) is 3.58. The third-order valence-electron chi connectivity index (χ3n) is 1.35. The molecule has 0 aliphatic carbocycles. The zero-order valence-electron chi connectivity index (χ0n) is 5.88. The molecule has 0 saturated heterocycles. The number of benzene rings is 1. The summed E-state index contributed by atoms with van der Waals surface area (Å²) in [6.45, 7) is 0. The van der Waals surface area contributed by atoms with Crippen LogP contribution in [0.4, 0.5) is 0 Å². The van der Waals surface area contributed by atoms with Gasteiger partial charge in [0.05, 0.1) is 7.85 Å². The minimum Gasteiger partial charge on any atom is -0.295 e. The lowest BCUT2D eigenvalue weighted by atomic mass is 9.96. The van der Waals surface area contributed by atoms with Crippen LogP contribution < -0.4 is 0 Å². The molecule has 1 aromatic carbocycles. The highest BCUT2D eigenvalue weighted by molar-refractivity contribution is 6.30. The van der Waals surface area contributed by atoms with Crippen molar-refractivity contribution in [3.8, 4) is 0 Å². The highest BCUT2D eigenvalue weighted by Gasteiger charge is 2.00. The van der Waals surface area contributed by atoms with Crippen molar-refractivity contribution in [1.29, 1.82) is 0 Å². The molecular formula is C8H6BClO. The van der Waals surface area contributed by atoms with Gasteiger partial charge in [0.1, 0.15) is 0 Å². The van der Waals surface area contributed by atoms with Gasteiger partial charge in [-0.2, -0.15) is 0 Å². The Morgan fingerprint density at radius 3 is 2.36 bits per heavy atom. The Bertz CT molecular complexity index is 255. The van der Waals surface area contributed by atoms with E-state index in [0.717, 1.165) is 0 Å². The number of carbonyl (C=O) groups excluding carboxylic acids is 1. The molecule has 0 spiro atoms. The molecule has 0 unspecified atom stereocenters. The van der Waals surface area contributed by atoms with E-state index in [2.05, 4.69) is 0 Å². The van der Waals surface area contributed by atoms with E-state index in [4.69, 9.17) is 19.4 Å². The molecule has 0 bridgehead atoms. The first-order valence-corrected chi connectivity index (χ1v) is 3.60. The Balaban J connectivity index is 2.90. The summed E-state index contributed by atoms with van der Waals surface area (Å²) in [7, 11) is 5.16. The van der Waals surface area contributed by atoms with Gasteiger partial charge in [0.2, 0.25) is 0 Å². The van der Waals surface area contributed by atoms with Gasteiger partial charge in [-0.25, -0.2) is 0 Å². The summed E-state index contributed by atoms with van der Waals surface area (Å²) in [6.07, 6.45) is 0.0433. The highest BCUT2D eigenvalue weighted by atomic mass is 35.5. The molecule has 0 atom stereocenters. The van der Waals surface area contributed by atoms with Gasteiger partial charge in [0, 0.05) is 10.6 Å². The number of Topliss-reactive ketones (excluding diaryl/α,β-unsaturated/α-hetero) is 1. The quantitative estimate of drug-likeness (QED) is 0.483. The molecule has 0 N–H and O–H groups in total. The second-order valence-electron chi connectivity index (χ2n) is 2.13. The fourth-order valence-corrected chi connectivity index (χ4v) is 0.880. The van der Waals surface area contributed by atoms with E-state index in [1.54, 1.807) is 24.3 Å². The van der Waals surface area contributed by atoms with Crippen molar-refractivity contribution in [2.45, 2.75) is 6.32 Å². The average Bonchev–Trinajstić information content (AvgIpc) is 2.05. The van der Waals surface area contributed by atoms with Crippen molar-refractivity contribution in [2.75, 3.05) is 0 Å². The second-order valence-corrected chi connectivity index (χ2v) is 2.57. The van der Waals surface area contributed by atoms with Crippen LogP contribution in [0.3, 0.4) is 0 Å². The van der Waals surface area contributed by atoms with Gasteiger partial charge in [-0.15, -0.1) is 0 Å². The molecule has 1 nitrogen and oxygen atoms in total. The van der Waals surface area contributed by atoms with E-state index < -0.39 is 0 Å². The Labute approximate surface area is 71.8 Å². The first-order valence-electron chi connectivity index (χ1n) is 3.23. The Kier molecular flexibility index (Phi) is 2.72. The zero-order valence-corrected chi connectivity index (χ0v) is 6.64. The van der Waals surface area contributed by atoms with Gasteiger partial charge in [0.25, 0.3) is 0 Å². The number of ketones is 1. The molecule has 3 heteroatoms. The van der Waals surface area contributed by atoms with Crippen LogP contribution in [0.25, 0.3) is 0 Å². The summed E-state index contributed by atoms with van der Waals surface area (Å²) in [5, 5.41) is 0.624. The minimum absolute atomic E-state index is 0.0433. The van der Waals surface area contributed by atoms with Crippen LogP contribution in [0.2, 0.25) is 11.3 Å². The zero-order chi connectivity index (χ0) is 8.27. The summed E-state index contributed by atoms with van der Waals surface area (Å²) in [6, 6.07) is 6.67. The standard InChI is InChI=1S/C8H6BClO/c9-5-8(11)6-1-3-7(10)4-2-6/h1-4H,5H2. The van der Waals surface area contributed by atoms with Crippen molar-refractivity contribution in [3.63, 3.8) is 0 Å². The SMILES string of the molecule is [B]CC(=O)c1ccc(Cl)cc1. The lowest BCUT2D eigenvalue weighted by molar-refractivity contribution is 0.101. The van der Waals surface area contributed by atoms with Gasteiger partial charge in [-0.05, 0) is 30.6 Å². The molecule has 54 valence electrons. The first-order chi connectivity index (χ1) is 5.24. The molecule has 0 aromatic heterocycles. The maximum absolute atomic E-state index is 11.0. The fourth-order valence-electron chi connectivity index (χ4n) is 0.754. The van der Waals surface area contributed by atoms with Crippen LogP contribution >= 0.6 is 11.6 Å². The Morgan fingerprint density at radius 2 is 1.91 bits per heavy atom. The van der Waals surface area contributed by atoms with Gasteiger partial charge in [0.15, 0.2) is 5.78 Å². The normalized spacial score (nSPS) is 9.55. The molecule has 0 heterocycles. The van der Waals surface area contributed by atoms with E-state index >= 15 is 0 Å². The van der Waals surface area contributed by atoms with E-state index in [-0.39, 0.29) is 12.1 Å². The van der Waals surface area contributed by atoms with Gasteiger partial charge >= 0.3 is 0 Å². The van der Waals surface area contributed by atoms with Crippen LogP contribution in [0, 0.1) is 0 Å². The number of hydrogen-bond acceptors (Lipinski definition) is 1. The summed E-state index contributed by atoms with van der Waals surface area (Å²) < 4.78 is 0. The molecule has 0 aliphatic heterocycles. The smallest absolute Gasteiger partial charge is 0.154 e. The maximum atomic E-state index is 11.0. The minimum atomic E-state index is -0.0679. The van der Waals surface area contributed by atoms with Crippen LogP contribution in [-0.2, 0) is 0 Å². The number of hydrogen-bond donors (Lipinski definition) is 0. The van der Waals surface area contributed by atoms with Gasteiger partial charge in [-0.1, -0.05) is 11.6 Å². The van der Waals surface area contributed by atoms with E-state index in [9.17, 15) is 4.79 Å². The van der Waals surface area contributed by atoms with E-state index in [0.29, 0.717) is 10.6 Å². The molecule has 0 aliphatic rings. The first kappa shape index (κ1) is 8.34. The summed E-state index contributed by atoms with van der Waals surface area (Å²) in [4.78, 5) is 11.0. The van der Waals surface area contributed by atoms with Crippen LogP contribution in [-0.4, -0.2) is 13.6 Å². The number of rotatable bonds is 2. The lowest BCUT2D eigenvalue weighted by Crippen LogP contribution is -1.95. The molecule has 1 rings (SSSR count). The topological polar surface area (TPSA) is 17.1 Å². The predicted octanol–water partition coefficient (Wildman–Crippen LogP) is 2.11. The van der Waals surface area contributed by atoms with Crippen molar-refractivity contribution in [3.05, 3.63) is 34.9 Å². The Morgan fingerprint density at radius 1 is 1.36 bits per heavy atom. The molecule has 1 aromatic rings. The Hall–Kier alpha value is -0.755. The van der Waals surface area contributed by atoms with E-state index in [1.165, 1.54) is 0 Å². The lowest BCUT2D eigenvalue weighted by Gasteiger charge is -1.95. The van der Waals surface area contributed by atoms with Crippen LogP contribution in [0.1, 0.15) is 10.4 Å². The fraction of sp³-hybridized carbons (Fsp3) is 0.125. The van der Waals surface area contributed by atoms with Crippen molar-refractivity contribution in [1.82, 2.24) is 0 Å². The maximum Gasteiger partial charge on any atom is 0.154 e. The third-order valence-corrected chi connectivity index (χ3v) is 1.60. The van der Waals surface area contributed by atoms with Crippen LogP contribution in [0.15, 0.2) is 24.3 Å². The van der Waals surface area contributed by atoms with E-state index in [1.807, 2.05) is 0 Å². The summed E-state index contributed by atoms with van der Waals surface area (Å²) >= 11 is 5.62. The average molecular weight is 164 g/mol. The molecular weight excluding hydrogens is 158 g/mol. The third kappa shape index (κ3) is 2.09. The molecule has 0 saturated carbocycles. The van der Waals surface area contributed by atoms with Gasteiger partial charge in [-0.3, -0.25) is 4.79 Å². The van der Waals surface area contributed by atoms with Crippen molar-refractivity contribution < 1.29 is 4.79 Å². The molecule has 2 radical (unpaired) electrons.